The number of nitrogens with zero attached hydrogens (tertiary/aromatic N) is 3. The first kappa shape index (κ1) is 17.1. The zero-order valence-corrected chi connectivity index (χ0v) is 16.2. The van der Waals surface area contributed by atoms with Crippen molar-refractivity contribution in [3.05, 3.63) is 28.8 Å². The predicted molar refractivity (Wildman–Crippen MR) is 105 cm³/mol. The van der Waals surface area contributed by atoms with Crippen LogP contribution in [0.15, 0.2) is 23.2 Å². The summed E-state index contributed by atoms with van der Waals surface area (Å²) in [4.78, 5) is 12.1. The SMILES string of the molecule is COC1(c2nc3cc(C4=NC[C@@H](C)CC4)ccc3s2)CCN(C)CC1. The van der Waals surface area contributed by atoms with Gasteiger partial charge in [0.2, 0.25) is 0 Å². The van der Waals surface area contributed by atoms with Crippen molar-refractivity contribution in [2.45, 2.75) is 38.2 Å². The zero-order valence-electron chi connectivity index (χ0n) is 15.4. The third-order valence-corrected chi connectivity index (χ3v) is 6.99. The van der Waals surface area contributed by atoms with Crippen molar-refractivity contribution in [2.75, 3.05) is 33.8 Å². The van der Waals surface area contributed by atoms with Gasteiger partial charge in [0.05, 0.1) is 10.2 Å². The van der Waals surface area contributed by atoms with Crippen LogP contribution in [0.1, 0.15) is 43.2 Å². The Balaban J connectivity index is 1.66. The molecule has 2 aromatic rings. The molecule has 1 fully saturated rings. The molecule has 0 amide bonds. The summed E-state index contributed by atoms with van der Waals surface area (Å²) in [5.74, 6) is 0.712. The number of fused-ring (bicyclic) bond motifs is 1. The Labute approximate surface area is 153 Å². The summed E-state index contributed by atoms with van der Waals surface area (Å²) in [5, 5.41) is 1.13. The minimum absolute atomic E-state index is 0.214. The number of thiazole rings is 1. The molecule has 4 nitrogen and oxygen atoms in total. The Morgan fingerprint density at radius 1 is 1.28 bits per heavy atom. The van der Waals surface area contributed by atoms with Crippen LogP contribution in [0.25, 0.3) is 10.2 Å². The molecule has 134 valence electrons. The number of rotatable bonds is 3. The highest BCUT2D eigenvalue weighted by atomic mass is 32.1. The van der Waals surface area contributed by atoms with Gasteiger partial charge in [-0.05, 0) is 56.3 Å². The maximum atomic E-state index is 6.00. The van der Waals surface area contributed by atoms with E-state index in [1.807, 2.05) is 7.11 Å². The molecular formula is C20H27N3OS. The fraction of sp³-hybridized carbons (Fsp3) is 0.600. The van der Waals surface area contributed by atoms with E-state index >= 15 is 0 Å². The maximum absolute atomic E-state index is 6.00. The van der Waals surface area contributed by atoms with Crippen LogP contribution in [0.3, 0.4) is 0 Å². The van der Waals surface area contributed by atoms with Crippen LogP contribution < -0.4 is 0 Å². The van der Waals surface area contributed by atoms with Gasteiger partial charge in [0.1, 0.15) is 10.6 Å². The fourth-order valence-corrected chi connectivity index (χ4v) is 5.01. The van der Waals surface area contributed by atoms with Crippen molar-refractivity contribution in [1.29, 1.82) is 0 Å². The first-order valence-corrected chi connectivity index (χ1v) is 10.1. The maximum Gasteiger partial charge on any atom is 0.126 e. The molecular weight excluding hydrogens is 330 g/mol. The summed E-state index contributed by atoms with van der Waals surface area (Å²) in [7, 11) is 4.01. The van der Waals surface area contributed by atoms with Gasteiger partial charge in [-0.2, -0.15) is 0 Å². The molecule has 0 spiro atoms. The van der Waals surface area contributed by atoms with E-state index in [1.54, 1.807) is 11.3 Å². The molecule has 0 unspecified atom stereocenters. The molecule has 1 saturated heterocycles. The highest BCUT2D eigenvalue weighted by Crippen LogP contribution is 2.40. The lowest BCUT2D eigenvalue weighted by atomic mass is 9.92. The van der Waals surface area contributed by atoms with Gasteiger partial charge in [0.25, 0.3) is 0 Å². The van der Waals surface area contributed by atoms with Gasteiger partial charge in [-0.3, -0.25) is 4.99 Å². The lowest BCUT2D eigenvalue weighted by molar-refractivity contribution is -0.0584. The molecule has 0 bridgehead atoms. The van der Waals surface area contributed by atoms with Crippen LogP contribution in [0.4, 0.5) is 0 Å². The Bertz CT molecular complexity index is 789. The Kier molecular flexibility index (Phi) is 4.65. The van der Waals surface area contributed by atoms with Gasteiger partial charge < -0.3 is 9.64 Å². The standard InChI is InChI=1S/C20H27N3OS/c1-14-4-6-16(21-13-14)15-5-7-18-17(12-15)22-19(25-18)20(24-3)8-10-23(2)11-9-20/h5,7,12,14H,4,6,8-11,13H2,1-3H3/t14-/m0/s1. The number of hydrogen-bond donors (Lipinski definition) is 0. The summed E-state index contributed by atoms with van der Waals surface area (Å²) >= 11 is 1.79. The average Bonchev–Trinajstić information content (AvgIpc) is 3.07. The monoisotopic (exact) mass is 357 g/mol. The molecule has 1 aromatic heterocycles. The second-order valence-electron chi connectivity index (χ2n) is 7.63. The van der Waals surface area contributed by atoms with E-state index in [0.29, 0.717) is 5.92 Å². The molecule has 0 aliphatic carbocycles. The van der Waals surface area contributed by atoms with Crippen molar-refractivity contribution in [1.82, 2.24) is 9.88 Å². The van der Waals surface area contributed by atoms with Gasteiger partial charge in [0.15, 0.2) is 0 Å². The zero-order chi connectivity index (χ0) is 17.4. The smallest absolute Gasteiger partial charge is 0.126 e. The number of piperidine rings is 1. The first-order chi connectivity index (χ1) is 12.1. The van der Waals surface area contributed by atoms with Gasteiger partial charge >= 0.3 is 0 Å². The van der Waals surface area contributed by atoms with E-state index in [1.165, 1.54) is 22.4 Å². The number of aromatic nitrogens is 1. The van der Waals surface area contributed by atoms with E-state index < -0.39 is 0 Å². The van der Waals surface area contributed by atoms with Gasteiger partial charge in [-0.15, -0.1) is 11.3 Å². The molecule has 3 heterocycles. The molecule has 25 heavy (non-hydrogen) atoms. The molecule has 0 radical (unpaired) electrons. The Morgan fingerprint density at radius 2 is 2.08 bits per heavy atom. The van der Waals surface area contributed by atoms with Crippen LogP contribution in [0, 0.1) is 5.92 Å². The van der Waals surface area contributed by atoms with Crippen LogP contribution in [0.5, 0.6) is 0 Å². The molecule has 1 aromatic carbocycles. The third kappa shape index (κ3) is 3.25. The van der Waals surface area contributed by atoms with Gasteiger partial charge in [-0.25, -0.2) is 4.98 Å². The molecule has 4 rings (SSSR count). The normalized spacial score (nSPS) is 24.4. The van der Waals surface area contributed by atoms with Crippen LogP contribution >= 0.6 is 11.3 Å². The minimum atomic E-state index is -0.214. The van der Waals surface area contributed by atoms with Crippen molar-refractivity contribution in [2.24, 2.45) is 10.9 Å². The molecule has 0 saturated carbocycles. The lowest BCUT2D eigenvalue weighted by Crippen LogP contribution is -2.42. The summed E-state index contributed by atoms with van der Waals surface area (Å²) in [6.45, 7) is 5.35. The summed E-state index contributed by atoms with van der Waals surface area (Å²) in [6, 6.07) is 6.65. The predicted octanol–water partition coefficient (Wildman–Crippen LogP) is 4.08. The first-order valence-electron chi connectivity index (χ1n) is 9.28. The van der Waals surface area contributed by atoms with Crippen molar-refractivity contribution in [3.8, 4) is 0 Å². The fourth-order valence-electron chi connectivity index (χ4n) is 3.84. The molecule has 1 atom stereocenters. The average molecular weight is 358 g/mol. The number of aliphatic imine (C=N–C) groups is 1. The number of methoxy groups -OCH3 is 1. The highest BCUT2D eigenvalue weighted by Gasteiger charge is 2.38. The van der Waals surface area contributed by atoms with E-state index in [0.717, 1.165) is 49.4 Å². The summed E-state index contributed by atoms with van der Waals surface area (Å²) < 4.78 is 7.25. The van der Waals surface area contributed by atoms with Crippen molar-refractivity contribution < 1.29 is 4.74 Å². The van der Waals surface area contributed by atoms with E-state index in [4.69, 9.17) is 14.7 Å². The molecule has 5 heteroatoms. The van der Waals surface area contributed by atoms with E-state index in [-0.39, 0.29) is 5.60 Å². The number of ether oxygens (including phenoxy) is 1. The van der Waals surface area contributed by atoms with Crippen LogP contribution in [0.2, 0.25) is 0 Å². The van der Waals surface area contributed by atoms with Gasteiger partial charge in [-0.1, -0.05) is 13.0 Å². The third-order valence-electron chi connectivity index (χ3n) is 5.76. The summed E-state index contributed by atoms with van der Waals surface area (Å²) in [5.41, 5.74) is 3.37. The number of likely N-dealkylation sites (tertiary alicyclic amines) is 1. The molecule has 2 aliphatic heterocycles. The quantitative estimate of drug-likeness (QED) is 0.830. The van der Waals surface area contributed by atoms with Crippen LogP contribution in [-0.2, 0) is 10.3 Å². The van der Waals surface area contributed by atoms with E-state index in [9.17, 15) is 0 Å². The van der Waals surface area contributed by atoms with E-state index in [2.05, 4.69) is 37.1 Å². The largest absolute Gasteiger partial charge is 0.371 e. The Morgan fingerprint density at radius 3 is 2.76 bits per heavy atom. The summed E-state index contributed by atoms with van der Waals surface area (Å²) in [6.07, 6.45) is 4.34. The highest BCUT2D eigenvalue weighted by molar-refractivity contribution is 7.18. The second kappa shape index (κ2) is 6.78. The van der Waals surface area contributed by atoms with Crippen molar-refractivity contribution >= 4 is 27.3 Å². The van der Waals surface area contributed by atoms with Gasteiger partial charge in [0, 0.05) is 32.5 Å². The minimum Gasteiger partial charge on any atom is -0.371 e. The topological polar surface area (TPSA) is 37.7 Å². The van der Waals surface area contributed by atoms with Crippen LogP contribution in [-0.4, -0.2) is 49.4 Å². The molecule has 0 N–H and O–H groups in total. The second-order valence-corrected chi connectivity index (χ2v) is 8.67. The number of benzene rings is 1. The number of hydrogen-bond acceptors (Lipinski definition) is 5. The lowest BCUT2D eigenvalue weighted by Gasteiger charge is -2.38. The molecule has 2 aliphatic rings. The Hall–Kier alpha value is -1.30. The van der Waals surface area contributed by atoms with Crippen molar-refractivity contribution in [3.63, 3.8) is 0 Å².